The number of hydrogen-bond acceptors (Lipinski definition) is 3. The Morgan fingerprint density at radius 1 is 1.30 bits per heavy atom. The van der Waals surface area contributed by atoms with E-state index in [0.29, 0.717) is 19.0 Å². The number of fused-ring (bicyclic) bond motifs is 1. The maximum atomic E-state index is 12.6. The summed E-state index contributed by atoms with van der Waals surface area (Å²) in [6.45, 7) is 5.15. The van der Waals surface area contributed by atoms with Crippen molar-refractivity contribution in [1.82, 2.24) is 15.5 Å². The van der Waals surface area contributed by atoms with Gasteiger partial charge < -0.3 is 10.2 Å². The second kappa shape index (κ2) is 7.18. The molecule has 1 aromatic heterocycles. The van der Waals surface area contributed by atoms with Crippen LogP contribution < -0.4 is 10.2 Å². The van der Waals surface area contributed by atoms with E-state index in [1.807, 2.05) is 12.1 Å². The average molecular weight is 366 g/mol. The van der Waals surface area contributed by atoms with Crippen LogP contribution in [0.25, 0.3) is 0 Å². The first kappa shape index (κ1) is 17.8. The number of rotatable bonds is 5. The predicted molar refractivity (Wildman–Crippen MR) is 103 cm³/mol. The van der Waals surface area contributed by atoms with Crippen LogP contribution in [0.1, 0.15) is 55.1 Å². The van der Waals surface area contributed by atoms with Crippen molar-refractivity contribution in [2.45, 2.75) is 52.0 Å². The number of aromatic amines is 1. The molecule has 0 radical (unpaired) electrons. The van der Waals surface area contributed by atoms with E-state index in [-0.39, 0.29) is 24.2 Å². The van der Waals surface area contributed by atoms with Gasteiger partial charge in [-0.15, -0.1) is 0 Å². The molecule has 27 heavy (non-hydrogen) atoms. The van der Waals surface area contributed by atoms with Gasteiger partial charge in [-0.2, -0.15) is 5.10 Å². The molecule has 1 saturated heterocycles. The summed E-state index contributed by atoms with van der Waals surface area (Å²) >= 11 is 0. The molecule has 1 aliphatic carbocycles. The normalized spacial score (nSPS) is 19.0. The van der Waals surface area contributed by atoms with Crippen LogP contribution in [0.5, 0.6) is 0 Å². The topological polar surface area (TPSA) is 78.1 Å². The summed E-state index contributed by atoms with van der Waals surface area (Å²) in [5.41, 5.74) is 5.49. The molecule has 1 atom stereocenters. The number of H-pyrrole nitrogens is 1. The second-order valence-electron chi connectivity index (χ2n) is 7.85. The van der Waals surface area contributed by atoms with Crippen molar-refractivity contribution in [2.75, 3.05) is 11.4 Å². The Balaban J connectivity index is 1.37. The van der Waals surface area contributed by atoms with Gasteiger partial charge in [-0.3, -0.25) is 14.7 Å². The molecule has 1 aliphatic heterocycles. The van der Waals surface area contributed by atoms with Gasteiger partial charge in [0.15, 0.2) is 0 Å². The molecule has 1 aromatic carbocycles. The zero-order valence-corrected chi connectivity index (χ0v) is 15.9. The molecule has 0 unspecified atom stereocenters. The largest absolute Gasteiger partial charge is 0.350 e. The van der Waals surface area contributed by atoms with E-state index in [9.17, 15) is 9.59 Å². The lowest BCUT2D eigenvalue weighted by atomic mass is 10.0. The van der Waals surface area contributed by atoms with Gasteiger partial charge in [0, 0.05) is 24.3 Å². The number of hydrogen-bond donors (Lipinski definition) is 2. The molecule has 0 saturated carbocycles. The fourth-order valence-corrected chi connectivity index (χ4v) is 4.02. The van der Waals surface area contributed by atoms with Crippen LogP contribution in [-0.4, -0.2) is 28.6 Å². The Bertz CT molecular complexity index is 854. The number of carbonyl (C=O) groups is 2. The first-order valence-corrected chi connectivity index (χ1v) is 9.76. The van der Waals surface area contributed by atoms with Gasteiger partial charge in [-0.25, -0.2) is 0 Å². The first-order chi connectivity index (χ1) is 13.0. The van der Waals surface area contributed by atoms with Crippen molar-refractivity contribution in [3.8, 4) is 0 Å². The standard InChI is InChI=1S/C21H26N4O2/c1-13(2)14-6-8-16(9-7-14)25-12-15(10-20(25)26)21(27)22-11-19-17-4-3-5-18(17)23-24-19/h6-9,13,15H,3-5,10-12H2,1-2H3,(H,22,27)(H,23,24)/t15-/m1/s1. The quantitative estimate of drug-likeness (QED) is 0.854. The van der Waals surface area contributed by atoms with Crippen molar-refractivity contribution in [3.63, 3.8) is 0 Å². The molecule has 1 fully saturated rings. The highest BCUT2D eigenvalue weighted by molar-refractivity contribution is 6.00. The van der Waals surface area contributed by atoms with Crippen molar-refractivity contribution in [3.05, 3.63) is 46.8 Å². The van der Waals surface area contributed by atoms with Crippen LogP contribution in [0.4, 0.5) is 5.69 Å². The minimum Gasteiger partial charge on any atom is -0.350 e. The first-order valence-electron chi connectivity index (χ1n) is 9.76. The fourth-order valence-electron chi connectivity index (χ4n) is 4.02. The number of nitrogens with one attached hydrogen (secondary N) is 2. The highest BCUT2D eigenvalue weighted by Gasteiger charge is 2.35. The average Bonchev–Trinajstić information content (AvgIpc) is 3.36. The highest BCUT2D eigenvalue weighted by atomic mass is 16.2. The third kappa shape index (κ3) is 3.48. The summed E-state index contributed by atoms with van der Waals surface area (Å²) in [6, 6.07) is 8.05. The number of nitrogens with zero attached hydrogens (tertiary/aromatic N) is 2. The SMILES string of the molecule is CC(C)c1ccc(N2C[C@H](C(=O)NCc3n[nH]c4c3CCC4)CC2=O)cc1. The highest BCUT2D eigenvalue weighted by Crippen LogP contribution is 2.27. The summed E-state index contributed by atoms with van der Waals surface area (Å²) < 4.78 is 0. The van der Waals surface area contributed by atoms with Crippen LogP contribution in [0, 0.1) is 5.92 Å². The monoisotopic (exact) mass is 366 g/mol. The number of amides is 2. The van der Waals surface area contributed by atoms with Crippen LogP contribution in [-0.2, 0) is 29.0 Å². The molecule has 2 heterocycles. The maximum Gasteiger partial charge on any atom is 0.227 e. The summed E-state index contributed by atoms with van der Waals surface area (Å²) in [5.74, 6) is 0.0807. The Hall–Kier alpha value is -2.63. The van der Waals surface area contributed by atoms with Gasteiger partial charge in [0.2, 0.25) is 11.8 Å². The third-order valence-corrected chi connectivity index (χ3v) is 5.69. The number of carbonyl (C=O) groups excluding carboxylic acids is 2. The van der Waals surface area contributed by atoms with Crippen molar-refractivity contribution in [2.24, 2.45) is 5.92 Å². The van der Waals surface area contributed by atoms with E-state index in [4.69, 9.17) is 0 Å². The van der Waals surface area contributed by atoms with Crippen molar-refractivity contribution < 1.29 is 9.59 Å². The van der Waals surface area contributed by atoms with Crippen LogP contribution in [0.15, 0.2) is 24.3 Å². The van der Waals surface area contributed by atoms with Crippen molar-refractivity contribution >= 4 is 17.5 Å². The smallest absolute Gasteiger partial charge is 0.227 e. The predicted octanol–water partition coefficient (Wildman–Crippen LogP) is 2.69. The molecule has 6 heteroatoms. The molecule has 0 bridgehead atoms. The van der Waals surface area contributed by atoms with E-state index in [0.717, 1.165) is 30.6 Å². The van der Waals surface area contributed by atoms with E-state index >= 15 is 0 Å². The lowest BCUT2D eigenvalue weighted by molar-refractivity contribution is -0.126. The molecule has 2 N–H and O–H groups in total. The lowest BCUT2D eigenvalue weighted by Gasteiger charge is -2.17. The summed E-state index contributed by atoms with van der Waals surface area (Å²) in [6.07, 6.45) is 3.47. The van der Waals surface area contributed by atoms with Crippen molar-refractivity contribution in [1.29, 1.82) is 0 Å². The van der Waals surface area contributed by atoms with Gasteiger partial charge in [0.25, 0.3) is 0 Å². The summed E-state index contributed by atoms with van der Waals surface area (Å²) in [5, 5.41) is 10.4. The molecular weight excluding hydrogens is 340 g/mol. The van der Waals surface area contributed by atoms with Gasteiger partial charge in [0.05, 0.1) is 18.2 Å². The summed E-state index contributed by atoms with van der Waals surface area (Å²) in [7, 11) is 0. The number of aromatic nitrogens is 2. The van der Waals surface area contributed by atoms with Crippen LogP contribution in [0.2, 0.25) is 0 Å². The zero-order chi connectivity index (χ0) is 19.0. The number of anilines is 1. The van der Waals surface area contributed by atoms with Gasteiger partial charge in [0.1, 0.15) is 0 Å². The zero-order valence-electron chi connectivity index (χ0n) is 15.9. The molecule has 2 aromatic rings. The number of benzene rings is 1. The van der Waals surface area contributed by atoms with Gasteiger partial charge in [-0.1, -0.05) is 26.0 Å². The summed E-state index contributed by atoms with van der Waals surface area (Å²) in [4.78, 5) is 26.7. The molecule has 142 valence electrons. The van der Waals surface area contributed by atoms with Gasteiger partial charge >= 0.3 is 0 Å². The Morgan fingerprint density at radius 3 is 2.81 bits per heavy atom. The molecule has 2 aliphatic rings. The van der Waals surface area contributed by atoms with Crippen LogP contribution in [0.3, 0.4) is 0 Å². The minimum absolute atomic E-state index is 0.00751. The Kier molecular flexibility index (Phi) is 4.72. The fraction of sp³-hybridized carbons (Fsp3) is 0.476. The van der Waals surface area contributed by atoms with E-state index < -0.39 is 0 Å². The van der Waals surface area contributed by atoms with Crippen LogP contribution >= 0.6 is 0 Å². The Morgan fingerprint density at radius 2 is 2.07 bits per heavy atom. The maximum absolute atomic E-state index is 12.6. The van der Waals surface area contributed by atoms with Gasteiger partial charge in [-0.05, 0) is 48.4 Å². The second-order valence-corrected chi connectivity index (χ2v) is 7.85. The third-order valence-electron chi connectivity index (χ3n) is 5.69. The lowest BCUT2D eigenvalue weighted by Crippen LogP contribution is -2.32. The van der Waals surface area contributed by atoms with E-state index in [2.05, 4.69) is 41.5 Å². The minimum atomic E-state index is -0.311. The molecule has 2 amide bonds. The molecule has 6 nitrogen and oxygen atoms in total. The van der Waals surface area contributed by atoms with E-state index in [1.54, 1.807) is 4.90 Å². The number of aryl methyl sites for hydroxylation is 1. The molecular formula is C21H26N4O2. The molecule has 4 rings (SSSR count). The molecule has 0 spiro atoms. The Labute approximate surface area is 159 Å². The van der Waals surface area contributed by atoms with E-state index in [1.165, 1.54) is 16.8 Å².